The molecule has 0 aliphatic carbocycles. The van der Waals surface area contributed by atoms with E-state index in [1.165, 1.54) is 15.9 Å². The number of carbonyl (C=O) groups is 9. The van der Waals surface area contributed by atoms with Gasteiger partial charge in [-0.05, 0) is 144 Å². The van der Waals surface area contributed by atoms with Gasteiger partial charge in [0.15, 0.2) is 5.56 Å². The van der Waals surface area contributed by atoms with Gasteiger partial charge in [-0.25, -0.2) is 38.4 Å². The summed E-state index contributed by atoms with van der Waals surface area (Å²) in [5.41, 5.74) is 5.36. The fourth-order valence-electron chi connectivity index (χ4n) is 9.89. The molecule has 30 heteroatoms. The van der Waals surface area contributed by atoms with Crippen molar-refractivity contribution in [1.29, 1.82) is 0 Å². The van der Waals surface area contributed by atoms with Gasteiger partial charge in [-0.15, -0.1) is 0 Å². The number of nitrogens with zero attached hydrogens (tertiary/aromatic N) is 5. The predicted molar refractivity (Wildman–Crippen MR) is 364 cm³/mol. The molecule has 2 aromatic rings. The molecule has 0 spiro atoms. The number of pyridine rings is 2. The maximum Gasteiger partial charge on any atom is 0.410 e. The number of aromatic hydroxyl groups is 2. The maximum absolute atomic E-state index is 12.2. The van der Waals surface area contributed by atoms with Crippen LogP contribution in [-0.4, -0.2) is 217 Å². The quantitative estimate of drug-likeness (QED) is 0.116. The topological polar surface area (TPSA) is 396 Å². The van der Waals surface area contributed by atoms with E-state index in [9.17, 15) is 68.1 Å². The molecule has 0 radical (unpaired) electrons. The molecule has 7 N–H and O–H groups in total. The Hall–Kier alpha value is -8.99. The molecular formula is C69H108N8O22. The Morgan fingerprint density at radius 3 is 1.12 bits per heavy atom. The van der Waals surface area contributed by atoms with Crippen LogP contribution in [-0.2, 0) is 78.0 Å². The number of ether oxygens (including phenoxy) is 8. The number of likely N-dealkylation sites (tertiary alicyclic amines) is 1. The molecule has 0 atom stereocenters. The van der Waals surface area contributed by atoms with E-state index in [0.29, 0.717) is 157 Å². The third kappa shape index (κ3) is 29.6. The summed E-state index contributed by atoms with van der Waals surface area (Å²) >= 11 is 0. The van der Waals surface area contributed by atoms with Gasteiger partial charge < -0.3 is 93.4 Å². The Balaban J connectivity index is 0.000000325. The molecule has 30 nitrogen and oxygen atoms in total. The van der Waals surface area contributed by atoms with E-state index in [4.69, 9.17) is 43.6 Å². The van der Waals surface area contributed by atoms with Crippen molar-refractivity contribution in [3.63, 3.8) is 0 Å². The van der Waals surface area contributed by atoms with E-state index in [1.54, 1.807) is 77.0 Å². The number of nitrogens with one attached hydrogen (secondary N) is 2. The first-order valence-corrected chi connectivity index (χ1v) is 33.5. The molecule has 556 valence electrons. The lowest BCUT2D eigenvalue weighted by Crippen LogP contribution is -2.41. The van der Waals surface area contributed by atoms with Crippen molar-refractivity contribution < 1.29 is 96.4 Å². The van der Waals surface area contributed by atoms with Gasteiger partial charge in [0.2, 0.25) is 0 Å². The van der Waals surface area contributed by atoms with Crippen LogP contribution in [0.3, 0.4) is 0 Å². The van der Waals surface area contributed by atoms with Crippen LogP contribution in [0.15, 0.2) is 38.3 Å². The molecule has 7 heterocycles. The Labute approximate surface area is 579 Å². The minimum atomic E-state index is -0.864. The molecule has 7 rings (SSSR count). The fourth-order valence-corrected chi connectivity index (χ4v) is 9.89. The number of aromatic nitrogens is 2. The van der Waals surface area contributed by atoms with Crippen molar-refractivity contribution in [3.8, 4) is 11.5 Å². The van der Waals surface area contributed by atoms with E-state index in [2.05, 4.69) is 9.97 Å². The summed E-state index contributed by atoms with van der Waals surface area (Å²) < 4.78 is 41.2. The molecule has 2 aromatic heterocycles. The SMILES string of the molecule is CC(C)(C)OC(=O)N1CCC(=O)CC1.CC(C)(C)OC(=O)N1CCc2[nH]c(=O)cc(O)c2CC1.CCOC(=O)C1=C(N)CCN(C(=O)OC(C)(C)C)CC1.CCOC(=O)C1=C(O)CCN(C(=O)OC(C)(C)C)CC1.CCOC(=O)c1c(O)c2c([nH]c1=O)CCN(C(=O)OC(C)(C)C)CC2. The molecule has 0 saturated carbocycles. The van der Waals surface area contributed by atoms with Gasteiger partial charge in [0.05, 0.1) is 31.0 Å². The van der Waals surface area contributed by atoms with Gasteiger partial charge in [0.25, 0.3) is 11.1 Å². The van der Waals surface area contributed by atoms with E-state index in [-0.39, 0.29) is 78.5 Å². The molecule has 5 amide bonds. The van der Waals surface area contributed by atoms with E-state index >= 15 is 0 Å². The third-order valence-corrected chi connectivity index (χ3v) is 14.5. The summed E-state index contributed by atoms with van der Waals surface area (Å²) in [7, 11) is 0. The normalized spacial score (nSPS) is 16.1. The molecule has 0 aromatic carbocycles. The number of nitrogens with two attached hydrogens (primary N) is 1. The number of Topliss-reactive ketones (excluding diaryl/α,β-unsaturated/α-hetero) is 1. The van der Waals surface area contributed by atoms with Crippen LogP contribution in [0.1, 0.15) is 196 Å². The molecule has 0 bridgehead atoms. The summed E-state index contributed by atoms with van der Waals surface area (Å²) in [6.07, 6.45) is 1.95. The number of hydrogen-bond donors (Lipinski definition) is 6. The van der Waals surface area contributed by atoms with Gasteiger partial charge in [-0.1, -0.05) is 0 Å². The van der Waals surface area contributed by atoms with Crippen LogP contribution >= 0.6 is 0 Å². The second-order valence-electron chi connectivity index (χ2n) is 28.6. The highest BCUT2D eigenvalue weighted by molar-refractivity contribution is 5.93. The minimum absolute atomic E-state index is 0.00483. The van der Waals surface area contributed by atoms with E-state index < -0.39 is 69.2 Å². The summed E-state index contributed by atoms with van der Waals surface area (Å²) in [5.74, 6) is -1.93. The molecule has 0 unspecified atom stereocenters. The molecule has 5 aliphatic heterocycles. The molecule has 99 heavy (non-hydrogen) atoms. The highest BCUT2D eigenvalue weighted by Gasteiger charge is 2.33. The number of carbonyl (C=O) groups excluding carboxylic acids is 9. The number of piperidine rings is 1. The van der Waals surface area contributed by atoms with Gasteiger partial charge in [0.1, 0.15) is 51.0 Å². The highest BCUT2D eigenvalue weighted by atomic mass is 16.6. The van der Waals surface area contributed by atoms with Crippen LogP contribution in [0.25, 0.3) is 0 Å². The average Bonchev–Trinajstić information content (AvgIpc) is 1.78. The zero-order valence-corrected chi connectivity index (χ0v) is 61.3. The van der Waals surface area contributed by atoms with Crippen molar-refractivity contribution in [2.24, 2.45) is 5.73 Å². The fraction of sp³-hybridized carbons (Fsp3) is 0.667. The average molecular weight is 1400 g/mol. The number of H-pyrrole nitrogens is 2. The molecule has 1 saturated heterocycles. The number of ketones is 1. The van der Waals surface area contributed by atoms with E-state index in [0.717, 1.165) is 0 Å². The predicted octanol–water partition coefficient (Wildman–Crippen LogP) is 8.78. The first-order valence-electron chi connectivity index (χ1n) is 33.5. The van der Waals surface area contributed by atoms with Crippen molar-refractivity contribution >= 4 is 54.2 Å². The Morgan fingerprint density at radius 1 is 0.414 bits per heavy atom. The van der Waals surface area contributed by atoms with Gasteiger partial charge in [0, 0.05) is 145 Å². The maximum atomic E-state index is 12.2. The van der Waals surface area contributed by atoms with Crippen LogP contribution < -0.4 is 16.9 Å². The van der Waals surface area contributed by atoms with Crippen LogP contribution in [0.2, 0.25) is 0 Å². The number of amides is 5. The second-order valence-corrected chi connectivity index (χ2v) is 28.6. The number of fused-ring (bicyclic) bond motifs is 2. The lowest BCUT2D eigenvalue weighted by atomic mass is 10.0. The summed E-state index contributed by atoms with van der Waals surface area (Å²) in [6, 6.07) is 1.17. The first kappa shape index (κ1) is 84.2. The van der Waals surface area contributed by atoms with E-state index in [1.807, 2.05) is 62.3 Å². The zero-order chi connectivity index (χ0) is 75.1. The van der Waals surface area contributed by atoms with Crippen LogP contribution in [0.4, 0.5) is 24.0 Å². The minimum Gasteiger partial charge on any atom is -0.512 e. The monoisotopic (exact) mass is 1400 g/mol. The number of rotatable bonds is 6. The second kappa shape index (κ2) is 37.3. The first-order chi connectivity index (χ1) is 45.8. The Bertz CT molecular complexity index is 3260. The standard InChI is InChI=1S/C17H24N2O6.C14H20N2O4.C14H24N2O4.C14H23NO5.C10H17NO3/c1-5-24-15(22)12-13(20)10-6-8-19(16(23)25-17(2,3)4)9-7-11(10)18-14(12)21;1-14(2,3)20-13(19)16-6-4-9-10(5-7-16)15-12(18)8-11(9)17;1-5-19-12(17)10-6-8-16(9-7-11(10)15)13(18)20-14(2,3)4;1-5-19-12(17)10-6-8-15(9-7-11(10)16)13(18)20-14(2,3)4;1-10(2,3)14-9(13)11-6-4-8(12)5-7-11/h5-9H2,1-4H3,(H2,18,20,21);8H,4-7H2,1-3H3,(H2,15,17,18);5-9,15H2,1-4H3;16H,5-9H2,1-4H3;4-7H2,1-3H3. The number of aromatic amines is 2. The molecule has 5 aliphatic rings. The van der Waals surface area contributed by atoms with Gasteiger partial charge >= 0.3 is 48.4 Å². The number of esters is 3. The molecule has 1 fully saturated rings. The van der Waals surface area contributed by atoms with Crippen molar-refractivity contribution in [3.05, 3.63) is 77.5 Å². The summed E-state index contributed by atoms with van der Waals surface area (Å²) in [6.45, 7) is 37.0. The highest BCUT2D eigenvalue weighted by Crippen LogP contribution is 2.28. The van der Waals surface area contributed by atoms with Crippen LogP contribution in [0.5, 0.6) is 11.5 Å². The number of aliphatic hydroxyl groups excluding tert-OH is 1. The summed E-state index contributed by atoms with van der Waals surface area (Å²) in [4.78, 5) is 143. The Morgan fingerprint density at radius 2 is 0.727 bits per heavy atom. The lowest BCUT2D eigenvalue weighted by Gasteiger charge is -2.29. The number of hydrogen-bond acceptors (Lipinski definition) is 23. The number of aliphatic hydroxyl groups is 1. The third-order valence-electron chi connectivity index (χ3n) is 14.5. The van der Waals surface area contributed by atoms with Crippen molar-refractivity contribution in [2.75, 3.05) is 85.3 Å². The van der Waals surface area contributed by atoms with Crippen molar-refractivity contribution in [1.82, 2.24) is 34.5 Å². The molecular weight excluding hydrogens is 1290 g/mol. The van der Waals surface area contributed by atoms with Gasteiger partial charge in [-0.2, -0.15) is 0 Å². The zero-order valence-electron chi connectivity index (χ0n) is 61.3. The lowest BCUT2D eigenvalue weighted by molar-refractivity contribution is -0.139. The van der Waals surface area contributed by atoms with Crippen LogP contribution in [0, 0.1) is 0 Å². The smallest absolute Gasteiger partial charge is 0.410 e. The largest absolute Gasteiger partial charge is 0.512 e. The Kier molecular flexibility index (Phi) is 31.7. The summed E-state index contributed by atoms with van der Waals surface area (Å²) in [5, 5.41) is 30.1. The van der Waals surface area contributed by atoms with Crippen molar-refractivity contribution in [2.45, 2.75) is 217 Å². The van der Waals surface area contributed by atoms with Gasteiger partial charge in [-0.3, -0.25) is 14.4 Å².